The van der Waals surface area contributed by atoms with E-state index in [-0.39, 0.29) is 5.97 Å². The van der Waals surface area contributed by atoms with Crippen molar-refractivity contribution in [1.82, 2.24) is 0 Å². The average Bonchev–Trinajstić information content (AvgIpc) is 2.94. The maximum absolute atomic E-state index is 11.9. The summed E-state index contributed by atoms with van der Waals surface area (Å²) in [7, 11) is 0. The van der Waals surface area contributed by atoms with Crippen molar-refractivity contribution in [2.24, 2.45) is 0 Å². The molecule has 0 radical (unpaired) electrons. The highest BCUT2D eigenvalue weighted by molar-refractivity contribution is 5.69. The third-order valence-electron chi connectivity index (χ3n) is 7.96. The minimum atomic E-state index is 0.0124. The lowest BCUT2D eigenvalue weighted by molar-refractivity contribution is -0.143. The Balaban J connectivity index is 3.17. The van der Waals surface area contributed by atoms with Crippen LogP contribution in [0.25, 0.3) is 0 Å². The summed E-state index contributed by atoms with van der Waals surface area (Å²) >= 11 is 0. The molecule has 3 heteroatoms. The standard InChI is InChI=1S/C36H70O3/c1-2-3-4-5-6-7-8-9-10-11-12-15-18-21-24-27-30-33-36(38)39-35-32-29-26-23-20-17-14-13-16-19-22-25-28-31-34-37/h7-8,37H,2-6,9-35H2,1H3. The second-order valence-electron chi connectivity index (χ2n) is 11.9. The number of aliphatic hydroxyl groups is 1. The zero-order valence-electron chi connectivity index (χ0n) is 26.5. The van der Waals surface area contributed by atoms with Crippen molar-refractivity contribution in [2.45, 2.75) is 200 Å². The molecule has 0 saturated carbocycles. The molecule has 0 saturated heterocycles. The van der Waals surface area contributed by atoms with E-state index in [0.717, 1.165) is 19.3 Å². The number of rotatable bonds is 33. The van der Waals surface area contributed by atoms with E-state index in [1.54, 1.807) is 0 Å². The molecular weight excluding hydrogens is 480 g/mol. The summed E-state index contributed by atoms with van der Waals surface area (Å²) in [6, 6.07) is 0. The Morgan fingerprint density at radius 3 is 1.28 bits per heavy atom. The van der Waals surface area contributed by atoms with E-state index >= 15 is 0 Å². The highest BCUT2D eigenvalue weighted by Gasteiger charge is 2.02. The predicted octanol–water partition coefficient (Wildman–Crippen LogP) is 11.8. The van der Waals surface area contributed by atoms with Gasteiger partial charge in [0.15, 0.2) is 0 Å². The van der Waals surface area contributed by atoms with Crippen molar-refractivity contribution >= 4 is 5.97 Å². The summed E-state index contributed by atoms with van der Waals surface area (Å²) in [5.41, 5.74) is 0. The van der Waals surface area contributed by atoms with Gasteiger partial charge in [0, 0.05) is 13.0 Å². The number of hydrogen-bond donors (Lipinski definition) is 1. The van der Waals surface area contributed by atoms with Gasteiger partial charge in [0.05, 0.1) is 6.61 Å². The van der Waals surface area contributed by atoms with Crippen LogP contribution in [0.4, 0.5) is 0 Å². The monoisotopic (exact) mass is 551 g/mol. The summed E-state index contributed by atoms with van der Waals surface area (Å²) in [6.45, 7) is 3.24. The third kappa shape index (κ3) is 35.1. The molecule has 0 aromatic rings. The van der Waals surface area contributed by atoms with Crippen molar-refractivity contribution in [3.63, 3.8) is 0 Å². The molecule has 3 nitrogen and oxygen atoms in total. The molecule has 0 aliphatic rings. The molecule has 0 aliphatic carbocycles. The normalized spacial score (nSPS) is 11.5. The SMILES string of the molecule is CCCCCCC=CCCCCCCCCCCCC(=O)OCCCCCCCCCCCCCCCCO. The molecule has 1 N–H and O–H groups in total. The zero-order valence-corrected chi connectivity index (χ0v) is 26.5. The minimum absolute atomic E-state index is 0.0124. The molecule has 0 bridgehead atoms. The number of carbonyl (C=O) groups is 1. The molecule has 0 amide bonds. The topological polar surface area (TPSA) is 46.5 Å². The van der Waals surface area contributed by atoms with Crippen LogP contribution >= 0.6 is 0 Å². The van der Waals surface area contributed by atoms with E-state index in [1.165, 1.54) is 167 Å². The van der Waals surface area contributed by atoms with Crippen LogP contribution in [0.3, 0.4) is 0 Å². The smallest absolute Gasteiger partial charge is 0.305 e. The number of ether oxygens (including phenoxy) is 1. The summed E-state index contributed by atoms with van der Waals surface area (Å²) in [5.74, 6) is 0.0124. The van der Waals surface area contributed by atoms with Crippen molar-refractivity contribution in [1.29, 1.82) is 0 Å². The first-order valence-electron chi connectivity index (χ1n) is 17.7. The molecule has 0 atom stereocenters. The number of aliphatic hydroxyl groups excluding tert-OH is 1. The Labute approximate surface area is 245 Å². The summed E-state index contributed by atoms with van der Waals surface area (Å²) in [4.78, 5) is 11.9. The van der Waals surface area contributed by atoms with Gasteiger partial charge in [-0.15, -0.1) is 0 Å². The number of unbranched alkanes of at least 4 members (excludes halogenated alkanes) is 26. The van der Waals surface area contributed by atoms with Crippen LogP contribution in [0.15, 0.2) is 12.2 Å². The van der Waals surface area contributed by atoms with Crippen LogP contribution < -0.4 is 0 Å². The van der Waals surface area contributed by atoms with E-state index in [9.17, 15) is 4.79 Å². The molecule has 232 valence electrons. The Bertz CT molecular complexity index is 488. The zero-order chi connectivity index (χ0) is 28.3. The number of carbonyl (C=O) groups excluding carboxylic acids is 1. The van der Waals surface area contributed by atoms with Gasteiger partial charge < -0.3 is 9.84 Å². The number of allylic oxidation sites excluding steroid dienone is 2. The van der Waals surface area contributed by atoms with Gasteiger partial charge in [-0.25, -0.2) is 0 Å². The second-order valence-corrected chi connectivity index (χ2v) is 11.9. The van der Waals surface area contributed by atoms with E-state index in [2.05, 4.69) is 19.1 Å². The van der Waals surface area contributed by atoms with Gasteiger partial charge in [-0.3, -0.25) is 4.79 Å². The summed E-state index contributed by atoms with van der Waals surface area (Å²) in [6.07, 6.45) is 42.8. The van der Waals surface area contributed by atoms with Crippen LogP contribution in [0.5, 0.6) is 0 Å². The molecule has 0 aromatic heterocycles. The maximum atomic E-state index is 11.9. The molecule has 0 rings (SSSR count). The molecule has 0 aromatic carbocycles. The summed E-state index contributed by atoms with van der Waals surface area (Å²) in [5, 5.41) is 8.77. The highest BCUT2D eigenvalue weighted by Crippen LogP contribution is 2.14. The van der Waals surface area contributed by atoms with E-state index in [4.69, 9.17) is 9.84 Å². The number of hydrogen-bond acceptors (Lipinski definition) is 3. The van der Waals surface area contributed by atoms with Gasteiger partial charge in [0.25, 0.3) is 0 Å². The third-order valence-corrected chi connectivity index (χ3v) is 7.96. The number of esters is 1. The molecule has 0 unspecified atom stereocenters. The highest BCUT2D eigenvalue weighted by atomic mass is 16.5. The van der Waals surface area contributed by atoms with E-state index < -0.39 is 0 Å². The lowest BCUT2D eigenvalue weighted by Gasteiger charge is -2.06. The van der Waals surface area contributed by atoms with Gasteiger partial charge in [-0.1, -0.05) is 160 Å². The molecule has 0 spiro atoms. The minimum Gasteiger partial charge on any atom is -0.466 e. The van der Waals surface area contributed by atoms with Crippen molar-refractivity contribution in [2.75, 3.05) is 13.2 Å². The Hall–Kier alpha value is -0.830. The molecule has 0 heterocycles. The van der Waals surface area contributed by atoms with E-state index in [0.29, 0.717) is 19.6 Å². The average molecular weight is 551 g/mol. The Kier molecular flexibility index (Phi) is 34.4. The first-order valence-corrected chi connectivity index (χ1v) is 17.7. The van der Waals surface area contributed by atoms with E-state index in [1.807, 2.05) is 0 Å². The quantitative estimate of drug-likeness (QED) is 0.0502. The fourth-order valence-corrected chi connectivity index (χ4v) is 5.29. The maximum Gasteiger partial charge on any atom is 0.305 e. The van der Waals surface area contributed by atoms with Crippen molar-refractivity contribution in [3.05, 3.63) is 12.2 Å². The Morgan fingerprint density at radius 1 is 0.487 bits per heavy atom. The lowest BCUT2D eigenvalue weighted by atomic mass is 10.0. The van der Waals surface area contributed by atoms with Gasteiger partial charge in [-0.05, 0) is 44.9 Å². The molecule has 0 aliphatic heterocycles. The van der Waals surface area contributed by atoms with Crippen LogP contribution in [0.1, 0.15) is 200 Å². The second kappa shape index (κ2) is 35.2. The van der Waals surface area contributed by atoms with Crippen LogP contribution in [0.2, 0.25) is 0 Å². The van der Waals surface area contributed by atoms with Gasteiger partial charge in [0.1, 0.15) is 0 Å². The molecule has 0 fully saturated rings. The first kappa shape index (κ1) is 38.2. The van der Waals surface area contributed by atoms with Crippen LogP contribution in [-0.4, -0.2) is 24.3 Å². The predicted molar refractivity (Wildman–Crippen MR) is 171 cm³/mol. The largest absolute Gasteiger partial charge is 0.466 e. The summed E-state index contributed by atoms with van der Waals surface area (Å²) < 4.78 is 5.43. The van der Waals surface area contributed by atoms with Crippen LogP contribution in [-0.2, 0) is 9.53 Å². The molecular formula is C36H70O3. The lowest BCUT2D eigenvalue weighted by Crippen LogP contribution is -2.05. The van der Waals surface area contributed by atoms with Crippen molar-refractivity contribution in [3.8, 4) is 0 Å². The van der Waals surface area contributed by atoms with Gasteiger partial charge >= 0.3 is 5.97 Å². The van der Waals surface area contributed by atoms with Gasteiger partial charge in [0.2, 0.25) is 0 Å². The first-order chi connectivity index (χ1) is 19.3. The fourth-order valence-electron chi connectivity index (χ4n) is 5.29. The molecule has 39 heavy (non-hydrogen) atoms. The van der Waals surface area contributed by atoms with Crippen molar-refractivity contribution < 1.29 is 14.6 Å². The van der Waals surface area contributed by atoms with Crippen LogP contribution in [0, 0.1) is 0 Å². The van der Waals surface area contributed by atoms with Gasteiger partial charge in [-0.2, -0.15) is 0 Å². The Morgan fingerprint density at radius 2 is 0.846 bits per heavy atom. The fraction of sp³-hybridized carbons (Fsp3) is 0.917.